The summed E-state index contributed by atoms with van der Waals surface area (Å²) in [5.41, 5.74) is 0.780. The van der Waals surface area contributed by atoms with Crippen LogP contribution in [0.2, 0.25) is 0 Å². The Morgan fingerprint density at radius 3 is 2.46 bits per heavy atom. The minimum absolute atomic E-state index is 0.0228. The summed E-state index contributed by atoms with van der Waals surface area (Å²) in [5, 5.41) is 0. The van der Waals surface area contributed by atoms with Crippen molar-refractivity contribution >= 4 is 33.4 Å². The molecule has 1 aliphatic rings. The van der Waals surface area contributed by atoms with E-state index in [1.54, 1.807) is 21.9 Å². The topological polar surface area (TPSA) is 75.8 Å². The SMILES string of the molecule is O=C(Cn1c(=O)sc2ccccc21)N1CCN(C(=O)c2ccco2)CC1. The second kappa shape index (κ2) is 6.80. The molecule has 3 heterocycles. The molecule has 2 aromatic heterocycles. The van der Waals surface area contributed by atoms with E-state index in [-0.39, 0.29) is 23.2 Å². The van der Waals surface area contributed by atoms with Crippen molar-refractivity contribution in [3.05, 3.63) is 58.1 Å². The van der Waals surface area contributed by atoms with Gasteiger partial charge in [-0.25, -0.2) is 0 Å². The third kappa shape index (κ3) is 3.03. The number of hydrogen-bond donors (Lipinski definition) is 0. The first kappa shape index (κ1) is 16.6. The smallest absolute Gasteiger partial charge is 0.308 e. The van der Waals surface area contributed by atoms with Gasteiger partial charge in [0.2, 0.25) is 5.91 Å². The minimum atomic E-state index is -0.165. The molecule has 1 aromatic carbocycles. The van der Waals surface area contributed by atoms with E-state index in [1.165, 1.54) is 10.8 Å². The maximum Gasteiger partial charge on any atom is 0.308 e. The number of furan rings is 1. The Labute approximate surface area is 153 Å². The number of rotatable bonds is 3. The molecule has 0 atom stereocenters. The number of aromatic nitrogens is 1. The molecule has 4 rings (SSSR count). The number of amides is 2. The van der Waals surface area contributed by atoms with Gasteiger partial charge in [0.1, 0.15) is 6.54 Å². The van der Waals surface area contributed by atoms with Crippen molar-refractivity contribution < 1.29 is 14.0 Å². The average Bonchev–Trinajstić information content (AvgIpc) is 3.30. The predicted octanol–water partition coefficient (Wildman–Crippen LogP) is 1.64. The molecule has 0 spiro atoms. The maximum absolute atomic E-state index is 12.6. The second-order valence-corrected chi connectivity index (χ2v) is 7.07. The van der Waals surface area contributed by atoms with Gasteiger partial charge in [-0.3, -0.25) is 19.0 Å². The van der Waals surface area contributed by atoms with Crippen LogP contribution in [0.25, 0.3) is 10.2 Å². The molecular formula is C18H17N3O4S. The van der Waals surface area contributed by atoms with E-state index >= 15 is 0 Å². The van der Waals surface area contributed by atoms with E-state index in [1.807, 2.05) is 24.3 Å². The fourth-order valence-corrected chi connectivity index (χ4v) is 4.00. The van der Waals surface area contributed by atoms with Crippen LogP contribution in [0.15, 0.2) is 51.9 Å². The van der Waals surface area contributed by atoms with Crippen molar-refractivity contribution in [3.63, 3.8) is 0 Å². The number of piperazine rings is 1. The largest absolute Gasteiger partial charge is 0.459 e. The van der Waals surface area contributed by atoms with Gasteiger partial charge >= 0.3 is 4.87 Å². The Morgan fingerprint density at radius 1 is 1.00 bits per heavy atom. The summed E-state index contributed by atoms with van der Waals surface area (Å²) in [5.74, 6) is 0.0315. The Hall–Kier alpha value is -2.87. The number of thiazole rings is 1. The highest BCUT2D eigenvalue weighted by Gasteiger charge is 2.26. The van der Waals surface area contributed by atoms with Gasteiger partial charge in [-0.1, -0.05) is 23.5 Å². The summed E-state index contributed by atoms with van der Waals surface area (Å²) in [7, 11) is 0. The zero-order chi connectivity index (χ0) is 18.1. The molecule has 1 aliphatic heterocycles. The van der Waals surface area contributed by atoms with Crippen LogP contribution in [0.5, 0.6) is 0 Å². The van der Waals surface area contributed by atoms with Gasteiger partial charge in [0.05, 0.1) is 16.5 Å². The molecular weight excluding hydrogens is 354 g/mol. The predicted molar refractivity (Wildman–Crippen MR) is 97.3 cm³/mol. The highest BCUT2D eigenvalue weighted by atomic mass is 32.1. The Kier molecular flexibility index (Phi) is 4.34. The molecule has 0 N–H and O–H groups in total. The van der Waals surface area contributed by atoms with Gasteiger partial charge in [-0.2, -0.15) is 0 Å². The quantitative estimate of drug-likeness (QED) is 0.701. The zero-order valence-electron chi connectivity index (χ0n) is 14.0. The Balaban J connectivity index is 1.41. The maximum atomic E-state index is 12.6. The Morgan fingerprint density at radius 2 is 1.73 bits per heavy atom. The van der Waals surface area contributed by atoms with Crippen molar-refractivity contribution in [2.75, 3.05) is 26.2 Å². The molecule has 8 heteroatoms. The minimum Gasteiger partial charge on any atom is -0.459 e. The summed E-state index contributed by atoms with van der Waals surface area (Å²) in [6, 6.07) is 10.8. The molecule has 0 aliphatic carbocycles. The van der Waals surface area contributed by atoms with Crippen LogP contribution in [0.3, 0.4) is 0 Å². The number of hydrogen-bond acceptors (Lipinski definition) is 5. The van der Waals surface area contributed by atoms with E-state index in [2.05, 4.69) is 0 Å². The number of carbonyl (C=O) groups is 2. The van der Waals surface area contributed by atoms with Crippen LogP contribution in [0, 0.1) is 0 Å². The summed E-state index contributed by atoms with van der Waals surface area (Å²) in [4.78, 5) is 40.3. The zero-order valence-corrected chi connectivity index (χ0v) is 14.8. The molecule has 0 saturated carbocycles. The fourth-order valence-electron chi connectivity index (χ4n) is 3.11. The first-order chi connectivity index (χ1) is 12.6. The van der Waals surface area contributed by atoms with Gasteiger partial charge in [-0.05, 0) is 24.3 Å². The van der Waals surface area contributed by atoms with Gasteiger partial charge in [0, 0.05) is 26.2 Å². The molecule has 1 saturated heterocycles. The number of benzene rings is 1. The van der Waals surface area contributed by atoms with Crippen LogP contribution in [-0.4, -0.2) is 52.4 Å². The van der Waals surface area contributed by atoms with Crippen molar-refractivity contribution in [2.45, 2.75) is 6.54 Å². The summed E-state index contributed by atoms with van der Waals surface area (Å²) in [6.45, 7) is 1.81. The molecule has 0 unspecified atom stereocenters. The number of para-hydroxylation sites is 1. The highest BCUT2D eigenvalue weighted by molar-refractivity contribution is 7.16. The summed E-state index contributed by atoms with van der Waals surface area (Å²) >= 11 is 1.14. The van der Waals surface area contributed by atoms with E-state index < -0.39 is 0 Å². The third-order valence-corrected chi connectivity index (χ3v) is 5.48. The fraction of sp³-hybridized carbons (Fsp3) is 0.278. The molecule has 1 fully saturated rings. The lowest BCUT2D eigenvalue weighted by Gasteiger charge is -2.34. The molecule has 26 heavy (non-hydrogen) atoms. The van der Waals surface area contributed by atoms with Crippen LogP contribution in [0.1, 0.15) is 10.6 Å². The van der Waals surface area contributed by atoms with Crippen molar-refractivity contribution in [1.29, 1.82) is 0 Å². The first-order valence-electron chi connectivity index (χ1n) is 8.32. The molecule has 2 amide bonds. The Bertz CT molecular complexity index is 997. The highest BCUT2D eigenvalue weighted by Crippen LogP contribution is 2.17. The molecule has 7 nitrogen and oxygen atoms in total. The summed E-state index contributed by atoms with van der Waals surface area (Å²) in [6.07, 6.45) is 1.47. The monoisotopic (exact) mass is 371 g/mol. The van der Waals surface area contributed by atoms with Crippen molar-refractivity contribution in [1.82, 2.24) is 14.4 Å². The first-order valence-corrected chi connectivity index (χ1v) is 9.14. The number of carbonyl (C=O) groups excluding carboxylic acids is 2. The second-order valence-electron chi connectivity index (χ2n) is 6.07. The molecule has 3 aromatic rings. The molecule has 0 bridgehead atoms. The van der Waals surface area contributed by atoms with Crippen LogP contribution in [-0.2, 0) is 11.3 Å². The summed E-state index contributed by atoms with van der Waals surface area (Å²) < 4.78 is 7.53. The number of fused-ring (bicyclic) bond motifs is 1. The van der Waals surface area contributed by atoms with Gasteiger partial charge < -0.3 is 14.2 Å². The van der Waals surface area contributed by atoms with Crippen LogP contribution < -0.4 is 4.87 Å². The van der Waals surface area contributed by atoms with Crippen LogP contribution >= 0.6 is 11.3 Å². The third-order valence-electron chi connectivity index (χ3n) is 4.52. The molecule has 0 radical (unpaired) electrons. The van der Waals surface area contributed by atoms with Crippen molar-refractivity contribution in [2.24, 2.45) is 0 Å². The van der Waals surface area contributed by atoms with Gasteiger partial charge in [0.25, 0.3) is 5.91 Å². The van der Waals surface area contributed by atoms with Crippen LogP contribution in [0.4, 0.5) is 0 Å². The van der Waals surface area contributed by atoms with E-state index in [4.69, 9.17) is 4.42 Å². The van der Waals surface area contributed by atoms with Gasteiger partial charge in [0.15, 0.2) is 5.76 Å². The normalized spacial score (nSPS) is 14.8. The lowest BCUT2D eigenvalue weighted by atomic mass is 10.2. The lowest BCUT2D eigenvalue weighted by Crippen LogP contribution is -2.51. The van der Waals surface area contributed by atoms with E-state index in [9.17, 15) is 14.4 Å². The molecule has 134 valence electrons. The van der Waals surface area contributed by atoms with Gasteiger partial charge in [-0.15, -0.1) is 0 Å². The van der Waals surface area contributed by atoms with E-state index in [0.717, 1.165) is 21.6 Å². The standard InChI is InChI=1S/C18H17N3O4S/c22-16(12-21-13-4-1-2-6-15(13)26-18(21)24)19-7-9-20(10-8-19)17(23)14-5-3-11-25-14/h1-6,11H,7-10,12H2. The van der Waals surface area contributed by atoms with Crippen molar-refractivity contribution in [3.8, 4) is 0 Å². The number of nitrogens with zero attached hydrogens (tertiary/aromatic N) is 3. The lowest BCUT2D eigenvalue weighted by molar-refractivity contribution is -0.133. The van der Waals surface area contributed by atoms with E-state index in [0.29, 0.717) is 31.9 Å². The average molecular weight is 371 g/mol.